The van der Waals surface area contributed by atoms with E-state index < -0.39 is 0 Å². The Morgan fingerprint density at radius 2 is 2.00 bits per heavy atom. The van der Waals surface area contributed by atoms with Crippen LogP contribution >= 0.6 is 0 Å². The summed E-state index contributed by atoms with van der Waals surface area (Å²) in [5.74, 6) is 1.73. The second-order valence-corrected chi connectivity index (χ2v) is 4.97. The minimum absolute atomic E-state index is 0.770. The third-order valence-electron chi connectivity index (χ3n) is 3.88. The molecule has 2 fully saturated rings. The minimum atomic E-state index is 0.770. The van der Waals surface area contributed by atoms with Crippen molar-refractivity contribution in [1.82, 2.24) is 5.32 Å². The predicted molar refractivity (Wildman–Crippen MR) is 58.3 cm³/mol. The van der Waals surface area contributed by atoms with E-state index in [1.165, 1.54) is 45.1 Å². The molecule has 0 bridgehead atoms. The van der Waals surface area contributed by atoms with E-state index in [4.69, 9.17) is 4.74 Å². The maximum absolute atomic E-state index is 5.22. The molecule has 2 unspecified atom stereocenters. The Hall–Kier alpha value is -0.0800. The number of methoxy groups -OCH3 is 1. The Bertz CT molecular complexity index is 166. The fourth-order valence-corrected chi connectivity index (χ4v) is 3.10. The van der Waals surface area contributed by atoms with Crippen LogP contribution in [0.5, 0.6) is 0 Å². The van der Waals surface area contributed by atoms with E-state index in [0.29, 0.717) is 0 Å². The maximum Gasteiger partial charge on any atom is 0.0503 e. The van der Waals surface area contributed by atoms with Crippen LogP contribution in [0.4, 0.5) is 0 Å². The van der Waals surface area contributed by atoms with Gasteiger partial charge in [-0.2, -0.15) is 0 Å². The van der Waals surface area contributed by atoms with Gasteiger partial charge in [0.25, 0.3) is 0 Å². The molecule has 0 spiro atoms. The molecule has 0 aromatic heterocycles. The first-order valence-corrected chi connectivity index (χ1v) is 6.12. The van der Waals surface area contributed by atoms with Crippen LogP contribution < -0.4 is 5.32 Å². The van der Waals surface area contributed by atoms with Gasteiger partial charge in [-0.05, 0) is 31.1 Å². The Morgan fingerprint density at radius 1 is 1.21 bits per heavy atom. The summed E-state index contributed by atoms with van der Waals surface area (Å²) in [7, 11) is 1.81. The summed E-state index contributed by atoms with van der Waals surface area (Å²) < 4.78 is 5.22. The minimum Gasteiger partial charge on any atom is -0.384 e. The summed E-state index contributed by atoms with van der Waals surface area (Å²) in [6.45, 7) is 2.12. The zero-order chi connectivity index (χ0) is 9.80. The third-order valence-corrected chi connectivity index (χ3v) is 3.88. The molecule has 0 aromatic carbocycles. The second-order valence-electron chi connectivity index (χ2n) is 4.97. The van der Waals surface area contributed by atoms with Gasteiger partial charge in [-0.15, -0.1) is 0 Å². The van der Waals surface area contributed by atoms with Crippen molar-refractivity contribution in [2.75, 3.05) is 20.3 Å². The van der Waals surface area contributed by atoms with Gasteiger partial charge >= 0.3 is 0 Å². The monoisotopic (exact) mass is 197 g/mol. The van der Waals surface area contributed by atoms with Crippen molar-refractivity contribution in [3.63, 3.8) is 0 Å². The van der Waals surface area contributed by atoms with Crippen LogP contribution in [0.1, 0.15) is 38.5 Å². The van der Waals surface area contributed by atoms with Gasteiger partial charge in [-0.3, -0.25) is 0 Å². The molecule has 2 rings (SSSR count). The van der Waals surface area contributed by atoms with E-state index in [2.05, 4.69) is 5.32 Å². The lowest BCUT2D eigenvalue weighted by Crippen LogP contribution is -2.31. The highest BCUT2D eigenvalue weighted by Crippen LogP contribution is 2.31. The highest BCUT2D eigenvalue weighted by atomic mass is 16.5. The molecule has 1 saturated carbocycles. The molecule has 1 N–H and O–H groups in total. The fourth-order valence-electron chi connectivity index (χ4n) is 3.10. The number of nitrogens with one attached hydrogen (secondary N) is 1. The van der Waals surface area contributed by atoms with Crippen LogP contribution in [0.2, 0.25) is 0 Å². The zero-order valence-electron chi connectivity index (χ0n) is 9.30. The number of hydrogen-bond donors (Lipinski definition) is 1. The van der Waals surface area contributed by atoms with Crippen molar-refractivity contribution in [1.29, 1.82) is 0 Å². The van der Waals surface area contributed by atoms with Gasteiger partial charge in [0.2, 0.25) is 0 Å². The smallest absolute Gasteiger partial charge is 0.0503 e. The molecule has 2 nitrogen and oxygen atoms in total. The fraction of sp³-hybridized carbons (Fsp3) is 1.00. The normalized spacial score (nSPS) is 34.9. The van der Waals surface area contributed by atoms with Crippen LogP contribution in [-0.2, 0) is 4.74 Å². The Balaban J connectivity index is 1.76. The SMILES string of the molecule is COCC1CNC(C2CCCCC2)C1. The molecule has 1 heterocycles. The highest BCUT2D eigenvalue weighted by Gasteiger charge is 2.30. The highest BCUT2D eigenvalue weighted by molar-refractivity contribution is 4.87. The lowest BCUT2D eigenvalue weighted by atomic mass is 9.82. The van der Waals surface area contributed by atoms with Gasteiger partial charge in [0.15, 0.2) is 0 Å². The molecule has 82 valence electrons. The molecule has 1 aliphatic heterocycles. The molecule has 1 aliphatic carbocycles. The van der Waals surface area contributed by atoms with E-state index in [0.717, 1.165) is 24.5 Å². The summed E-state index contributed by atoms with van der Waals surface area (Å²) in [5.41, 5.74) is 0. The Kier molecular flexibility index (Phi) is 3.82. The molecule has 0 radical (unpaired) electrons. The predicted octanol–water partition coefficient (Wildman–Crippen LogP) is 2.19. The summed E-state index contributed by atoms with van der Waals surface area (Å²) in [6.07, 6.45) is 8.63. The average Bonchev–Trinajstić information content (AvgIpc) is 2.68. The number of hydrogen-bond acceptors (Lipinski definition) is 2. The van der Waals surface area contributed by atoms with Gasteiger partial charge in [0.1, 0.15) is 0 Å². The van der Waals surface area contributed by atoms with Gasteiger partial charge in [0, 0.05) is 19.7 Å². The maximum atomic E-state index is 5.22. The quantitative estimate of drug-likeness (QED) is 0.749. The topological polar surface area (TPSA) is 21.3 Å². The molecule has 2 aliphatic rings. The first kappa shape index (κ1) is 10.4. The first-order valence-electron chi connectivity index (χ1n) is 6.12. The number of rotatable bonds is 3. The van der Waals surface area contributed by atoms with Crippen LogP contribution in [-0.4, -0.2) is 26.3 Å². The van der Waals surface area contributed by atoms with E-state index in [1.807, 2.05) is 7.11 Å². The molecule has 0 aromatic rings. The molecule has 0 amide bonds. The molecule has 2 heteroatoms. The summed E-state index contributed by atoms with van der Waals surface area (Å²) in [5, 5.41) is 3.68. The average molecular weight is 197 g/mol. The third kappa shape index (κ3) is 2.48. The lowest BCUT2D eigenvalue weighted by Gasteiger charge is -2.27. The van der Waals surface area contributed by atoms with Gasteiger partial charge in [0.05, 0.1) is 6.61 Å². The van der Waals surface area contributed by atoms with Gasteiger partial charge in [-0.1, -0.05) is 19.3 Å². The van der Waals surface area contributed by atoms with Crippen molar-refractivity contribution in [2.24, 2.45) is 11.8 Å². The van der Waals surface area contributed by atoms with Gasteiger partial charge in [-0.25, -0.2) is 0 Å². The number of ether oxygens (including phenoxy) is 1. The van der Waals surface area contributed by atoms with E-state index in [9.17, 15) is 0 Å². The van der Waals surface area contributed by atoms with Crippen molar-refractivity contribution in [3.05, 3.63) is 0 Å². The molecule has 2 atom stereocenters. The van der Waals surface area contributed by atoms with Crippen LogP contribution in [0.15, 0.2) is 0 Å². The van der Waals surface area contributed by atoms with E-state index in [-0.39, 0.29) is 0 Å². The summed E-state index contributed by atoms with van der Waals surface area (Å²) >= 11 is 0. The van der Waals surface area contributed by atoms with Crippen molar-refractivity contribution in [2.45, 2.75) is 44.6 Å². The van der Waals surface area contributed by atoms with E-state index in [1.54, 1.807) is 0 Å². The lowest BCUT2D eigenvalue weighted by molar-refractivity contribution is 0.156. The molecular formula is C12H23NO. The van der Waals surface area contributed by atoms with Crippen LogP contribution in [0, 0.1) is 11.8 Å². The van der Waals surface area contributed by atoms with Crippen molar-refractivity contribution in [3.8, 4) is 0 Å². The van der Waals surface area contributed by atoms with Crippen LogP contribution in [0.25, 0.3) is 0 Å². The zero-order valence-corrected chi connectivity index (χ0v) is 9.30. The first-order chi connectivity index (χ1) is 6.90. The van der Waals surface area contributed by atoms with E-state index >= 15 is 0 Å². The summed E-state index contributed by atoms with van der Waals surface area (Å²) in [6, 6.07) is 0.801. The van der Waals surface area contributed by atoms with Crippen LogP contribution in [0.3, 0.4) is 0 Å². The van der Waals surface area contributed by atoms with Crippen molar-refractivity contribution >= 4 is 0 Å². The molecular weight excluding hydrogens is 174 g/mol. The van der Waals surface area contributed by atoms with Gasteiger partial charge < -0.3 is 10.1 Å². The molecule has 14 heavy (non-hydrogen) atoms. The van der Waals surface area contributed by atoms with Crippen molar-refractivity contribution < 1.29 is 4.74 Å². The summed E-state index contributed by atoms with van der Waals surface area (Å²) in [4.78, 5) is 0. The Labute approximate surface area is 87.4 Å². The standard InChI is InChI=1S/C12H23NO/c1-14-9-10-7-12(13-8-10)11-5-3-2-4-6-11/h10-13H,2-9H2,1H3. The second kappa shape index (κ2) is 5.13. The largest absolute Gasteiger partial charge is 0.384 e. The Morgan fingerprint density at radius 3 is 2.71 bits per heavy atom. The molecule has 1 saturated heterocycles.